The van der Waals surface area contributed by atoms with E-state index < -0.39 is 0 Å². The van der Waals surface area contributed by atoms with E-state index in [1.54, 1.807) is 0 Å². The molecule has 1 unspecified atom stereocenters. The quantitative estimate of drug-likeness (QED) is 0.709. The van der Waals surface area contributed by atoms with Crippen LogP contribution in [0.1, 0.15) is 26.2 Å². The molecule has 0 saturated carbocycles. The van der Waals surface area contributed by atoms with Gasteiger partial charge in [-0.3, -0.25) is 0 Å². The van der Waals surface area contributed by atoms with Gasteiger partial charge in [0.15, 0.2) is 0 Å². The first kappa shape index (κ1) is 9.44. The highest BCUT2D eigenvalue weighted by molar-refractivity contribution is 4.90. The number of hydrogen-bond donors (Lipinski definition) is 1. The minimum atomic E-state index is 0.0841. The SMILES string of the molecule is CC1(OCC2CCCCO2)CNC1. The summed E-state index contributed by atoms with van der Waals surface area (Å²) in [6.07, 6.45) is 4.04. The summed E-state index contributed by atoms with van der Waals surface area (Å²) < 4.78 is 11.4. The maximum absolute atomic E-state index is 5.82. The molecule has 3 heteroatoms. The first-order chi connectivity index (χ1) is 6.29. The average Bonchev–Trinajstić information content (AvgIpc) is 2.13. The molecule has 76 valence electrons. The molecule has 2 fully saturated rings. The predicted octanol–water partition coefficient (Wildman–Crippen LogP) is 0.934. The molecule has 0 bridgehead atoms. The van der Waals surface area contributed by atoms with Crippen molar-refractivity contribution >= 4 is 0 Å². The molecule has 2 rings (SSSR count). The second kappa shape index (κ2) is 3.95. The van der Waals surface area contributed by atoms with Crippen LogP contribution in [0.2, 0.25) is 0 Å². The number of nitrogens with one attached hydrogen (secondary N) is 1. The van der Waals surface area contributed by atoms with Gasteiger partial charge in [-0.15, -0.1) is 0 Å². The normalized spacial score (nSPS) is 32.5. The highest BCUT2D eigenvalue weighted by Gasteiger charge is 2.33. The Morgan fingerprint density at radius 1 is 1.46 bits per heavy atom. The van der Waals surface area contributed by atoms with E-state index >= 15 is 0 Å². The summed E-state index contributed by atoms with van der Waals surface area (Å²) in [7, 11) is 0. The van der Waals surface area contributed by atoms with Crippen LogP contribution in [0.3, 0.4) is 0 Å². The van der Waals surface area contributed by atoms with Crippen LogP contribution in [0.4, 0.5) is 0 Å². The van der Waals surface area contributed by atoms with Crippen LogP contribution in [-0.2, 0) is 9.47 Å². The lowest BCUT2D eigenvalue weighted by molar-refractivity contribution is -0.118. The van der Waals surface area contributed by atoms with Crippen molar-refractivity contribution in [3.05, 3.63) is 0 Å². The van der Waals surface area contributed by atoms with Gasteiger partial charge < -0.3 is 14.8 Å². The highest BCUT2D eigenvalue weighted by Crippen LogP contribution is 2.19. The summed E-state index contributed by atoms with van der Waals surface area (Å²) in [5.41, 5.74) is 0.0841. The van der Waals surface area contributed by atoms with Crippen LogP contribution < -0.4 is 5.32 Å². The molecule has 1 N–H and O–H groups in total. The van der Waals surface area contributed by atoms with Gasteiger partial charge in [-0.2, -0.15) is 0 Å². The fraction of sp³-hybridized carbons (Fsp3) is 1.00. The van der Waals surface area contributed by atoms with E-state index in [2.05, 4.69) is 12.2 Å². The van der Waals surface area contributed by atoms with E-state index in [0.29, 0.717) is 6.10 Å². The molecule has 2 aliphatic heterocycles. The van der Waals surface area contributed by atoms with Crippen molar-refractivity contribution in [3.8, 4) is 0 Å². The zero-order valence-corrected chi connectivity index (χ0v) is 8.34. The monoisotopic (exact) mass is 185 g/mol. The predicted molar refractivity (Wildman–Crippen MR) is 50.8 cm³/mol. The van der Waals surface area contributed by atoms with Crippen LogP contribution in [0.5, 0.6) is 0 Å². The molecular formula is C10H19NO2. The number of hydrogen-bond acceptors (Lipinski definition) is 3. The molecule has 2 aliphatic rings. The van der Waals surface area contributed by atoms with Gasteiger partial charge in [0, 0.05) is 19.7 Å². The summed E-state index contributed by atoms with van der Waals surface area (Å²) in [6, 6.07) is 0. The van der Waals surface area contributed by atoms with Crippen LogP contribution in [0.25, 0.3) is 0 Å². The molecule has 0 spiro atoms. The maximum Gasteiger partial charge on any atom is 0.0903 e. The van der Waals surface area contributed by atoms with Crippen LogP contribution >= 0.6 is 0 Å². The summed E-state index contributed by atoms with van der Waals surface area (Å²) in [4.78, 5) is 0. The fourth-order valence-corrected chi connectivity index (χ4v) is 1.81. The molecule has 0 radical (unpaired) electrons. The van der Waals surface area contributed by atoms with Crippen molar-refractivity contribution in [2.75, 3.05) is 26.3 Å². The van der Waals surface area contributed by atoms with E-state index in [4.69, 9.17) is 9.47 Å². The molecule has 2 saturated heterocycles. The van der Waals surface area contributed by atoms with Crippen LogP contribution in [0.15, 0.2) is 0 Å². The van der Waals surface area contributed by atoms with E-state index in [1.165, 1.54) is 19.3 Å². The summed E-state index contributed by atoms with van der Waals surface area (Å²) >= 11 is 0. The smallest absolute Gasteiger partial charge is 0.0903 e. The molecule has 2 heterocycles. The second-order valence-corrected chi connectivity index (χ2v) is 4.35. The van der Waals surface area contributed by atoms with Crippen molar-refractivity contribution in [1.29, 1.82) is 0 Å². The zero-order chi connectivity index (χ0) is 9.15. The van der Waals surface area contributed by atoms with Crippen molar-refractivity contribution in [2.45, 2.75) is 37.9 Å². The molecule has 3 nitrogen and oxygen atoms in total. The van der Waals surface area contributed by atoms with Gasteiger partial charge in [-0.25, -0.2) is 0 Å². The first-order valence-corrected chi connectivity index (χ1v) is 5.25. The molecule has 0 aliphatic carbocycles. The zero-order valence-electron chi connectivity index (χ0n) is 8.34. The largest absolute Gasteiger partial charge is 0.376 e. The molecule has 0 amide bonds. The molecule has 13 heavy (non-hydrogen) atoms. The maximum atomic E-state index is 5.82. The minimum Gasteiger partial charge on any atom is -0.376 e. The standard InChI is InChI=1S/C10H19NO2/c1-10(7-11-8-10)13-6-9-4-2-3-5-12-9/h9,11H,2-8H2,1H3. The second-order valence-electron chi connectivity index (χ2n) is 4.35. The summed E-state index contributed by atoms with van der Waals surface area (Å²) in [5.74, 6) is 0. The molecule has 0 aromatic heterocycles. The highest BCUT2D eigenvalue weighted by atomic mass is 16.5. The average molecular weight is 185 g/mol. The van der Waals surface area contributed by atoms with Crippen LogP contribution in [-0.4, -0.2) is 38.0 Å². The number of ether oxygens (including phenoxy) is 2. The van der Waals surface area contributed by atoms with Crippen LogP contribution in [0, 0.1) is 0 Å². The first-order valence-electron chi connectivity index (χ1n) is 5.25. The van der Waals surface area contributed by atoms with Crippen molar-refractivity contribution in [1.82, 2.24) is 5.32 Å². The number of rotatable bonds is 3. The Morgan fingerprint density at radius 2 is 2.31 bits per heavy atom. The summed E-state index contributed by atoms with van der Waals surface area (Å²) in [5, 5.41) is 3.22. The Hall–Kier alpha value is -0.120. The van der Waals surface area contributed by atoms with Gasteiger partial charge in [0.25, 0.3) is 0 Å². The Labute approximate surface area is 79.8 Å². The van der Waals surface area contributed by atoms with Gasteiger partial charge >= 0.3 is 0 Å². The van der Waals surface area contributed by atoms with Gasteiger partial charge in [-0.05, 0) is 26.2 Å². The topological polar surface area (TPSA) is 30.5 Å². The molecule has 0 aromatic rings. The van der Waals surface area contributed by atoms with E-state index in [1.807, 2.05) is 0 Å². The van der Waals surface area contributed by atoms with Gasteiger partial charge in [-0.1, -0.05) is 0 Å². The molecular weight excluding hydrogens is 166 g/mol. The lowest BCUT2D eigenvalue weighted by Crippen LogP contribution is -2.59. The van der Waals surface area contributed by atoms with E-state index in [-0.39, 0.29) is 5.60 Å². The van der Waals surface area contributed by atoms with Gasteiger partial charge in [0.1, 0.15) is 0 Å². The van der Waals surface area contributed by atoms with Crippen molar-refractivity contribution < 1.29 is 9.47 Å². The Bertz CT molecular complexity index is 162. The third-order valence-electron chi connectivity index (χ3n) is 2.89. The van der Waals surface area contributed by atoms with E-state index in [0.717, 1.165) is 26.3 Å². The Balaban J connectivity index is 1.66. The Kier molecular flexibility index (Phi) is 2.86. The molecule has 1 atom stereocenters. The van der Waals surface area contributed by atoms with Crippen molar-refractivity contribution in [3.63, 3.8) is 0 Å². The minimum absolute atomic E-state index is 0.0841. The van der Waals surface area contributed by atoms with Crippen molar-refractivity contribution in [2.24, 2.45) is 0 Å². The van der Waals surface area contributed by atoms with E-state index in [9.17, 15) is 0 Å². The third kappa shape index (κ3) is 2.42. The van der Waals surface area contributed by atoms with Gasteiger partial charge in [0.2, 0.25) is 0 Å². The fourth-order valence-electron chi connectivity index (χ4n) is 1.81. The summed E-state index contributed by atoms with van der Waals surface area (Å²) in [6.45, 7) is 5.83. The lowest BCUT2D eigenvalue weighted by Gasteiger charge is -2.40. The van der Waals surface area contributed by atoms with Gasteiger partial charge in [0.05, 0.1) is 18.3 Å². The molecule has 0 aromatic carbocycles. The third-order valence-corrected chi connectivity index (χ3v) is 2.89. The Morgan fingerprint density at radius 3 is 2.85 bits per heavy atom. The lowest BCUT2D eigenvalue weighted by atomic mass is 10.00.